The third kappa shape index (κ3) is 5.59. The molecule has 0 bridgehead atoms. The van der Waals surface area contributed by atoms with Crippen molar-refractivity contribution in [2.75, 3.05) is 4.90 Å². The minimum atomic E-state index is -0.540. The van der Waals surface area contributed by atoms with Crippen molar-refractivity contribution in [2.24, 2.45) is 0 Å². The van der Waals surface area contributed by atoms with Crippen LogP contribution in [0.4, 0.5) is 17.1 Å². The first-order valence-electron chi connectivity index (χ1n) is 24.1. The summed E-state index contributed by atoms with van der Waals surface area (Å²) in [6.45, 7) is 0. The summed E-state index contributed by atoms with van der Waals surface area (Å²) in [5, 5.41) is 0. The third-order valence-electron chi connectivity index (χ3n) is 15.4. The van der Waals surface area contributed by atoms with Gasteiger partial charge >= 0.3 is 0 Å². The lowest BCUT2D eigenvalue weighted by Crippen LogP contribution is -2.28. The van der Waals surface area contributed by atoms with Gasteiger partial charge in [0.1, 0.15) is 0 Å². The molecule has 0 atom stereocenters. The van der Waals surface area contributed by atoms with Crippen LogP contribution in [-0.4, -0.2) is 0 Å². The van der Waals surface area contributed by atoms with Crippen LogP contribution < -0.4 is 4.90 Å². The Morgan fingerprint density at radius 3 is 0.942 bits per heavy atom. The Bertz CT molecular complexity index is 3570. The van der Waals surface area contributed by atoms with Crippen LogP contribution in [0, 0.1) is 0 Å². The zero-order valence-corrected chi connectivity index (χ0v) is 37.9. The van der Waals surface area contributed by atoms with Crippen LogP contribution in [0.15, 0.2) is 273 Å². The van der Waals surface area contributed by atoms with E-state index in [4.69, 9.17) is 0 Å². The Hall–Kier alpha value is -8.78. The summed E-state index contributed by atoms with van der Waals surface area (Å²) in [6.07, 6.45) is 0. The van der Waals surface area contributed by atoms with Gasteiger partial charge in [-0.2, -0.15) is 0 Å². The van der Waals surface area contributed by atoms with Crippen LogP contribution in [0.3, 0.4) is 0 Å². The van der Waals surface area contributed by atoms with E-state index < -0.39 is 10.8 Å². The molecule has 1 spiro atoms. The zero-order chi connectivity index (χ0) is 45.5. The SMILES string of the molecule is c1ccc(-c2ccccc2-c2ccc(N(c3ccc4c(c3)C(c3ccccc3)(c3ccccc3)c3ccccc3-4)c3ccc4c(c3)C3(c5ccccc5-c5ccccc53)c3ccccc3-4)cc2)cc1. The van der Waals surface area contributed by atoms with Crippen molar-refractivity contribution in [2.45, 2.75) is 10.8 Å². The molecule has 0 heterocycles. The van der Waals surface area contributed by atoms with Gasteiger partial charge < -0.3 is 4.90 Å². The second kappa shape index (κ2) is 15.4. The van der Waals surface area contributed by atoms with Gasteiger partial charge in [-0.1, -0.05) is 237 Å². The quantitative estimate of drug-likeness (QED) is 0.154. The molecule has 0 saturated carbocycles. The summed E-state index contributed by atoms with van der Waals surface area (Å²) in [5.74, 6) is 0. The Kier molecular flexibility index (Phi) is 8.78. The molecule has 0 saturated heterocycles. The topological polar surface area (TPSA) is 3.24 Å². The van der Waals surface area contributed by atoms with Gasteiger partial charge in [-0.05, 0) is 137 Å². The van der Waals surface area contributed by atoms with Gasteiger partial charge in [0.05, 0.1) is 10.8 Å². The number of anilines is 3. The first-order valence-corrected chi connectivity index (χ1v) is 24.1. The van der Waals surface area contributed by atoms with Crippen LogP contribution in [0.1, 0.15) is 44.5 Å². The van der Waals surface area contributed by atoms with Crippen LogP contribution >= 0.6 is 0 Å². The maximum Gasteiger partial charge on any atom is 0.0726 e. The minimum absolute atomic E-state index is 0.471. The standard InChI is InChI=1S/C68H45N/c1-4-20-46(21-5-1)53-26-10-11-27-54(53)47-36-38-50(39-37-47)69(51-40-42-59-57-30-12-16-32-61(57)67(65(59)44-51,48-22-6-2-7-23-48)49-24-8-3-9-25-49)52-41-43-60-58-31-15-19-35-64(58)68(66(60)45-52)62-33-17-13-28-55(62)56-29-14-18-34-63(56)68/h1-45H. The number of nitrogens with zero attached hydrogens (tertiary/aromatic N) is 1. The summed E-state index contributed by atoms with van der Waals surface area (Å²) >= 11 is 0. The van der Waals surface area contributed by atoms with E-state index in [2.05, 4.69) is 278 Å². The highest BCUT2D eigenvalue weighted by molar-refractivity contribution is 5.97. The lowest BCUT2D eigenvalue weighted by Gasteiger charge is -2.35. The van der Waals surface area contributed by atoms with E-state index in [1.807, 2.05) is 0 Å². The molecule has 0 unspecified atom stereocenters. The molecule has 0 aromatic heterocycles. The minimum Gasteiger partial charge on any atom is -0.310 e. The molecule has 11 aromatic rings. The average molecular weight is 876 g/mol. The fourth-order valence-electron chi connectivity index (χ4n) is 12.6. The van der Waals surface area contributed by atoms with E-state index in [1.165, 1.54) is 100 Å². The van der Waals surface area contributed by atoms with Crippen LogP contribution in [-0.2, 0) is 10.8 Å². The molecule has 0 aliphatic heterocycles. The van der Waals surface area contributed by atoms with Crippen LogP contribution in [0.2, 0.25) is 0 Å². The molecule has 0 fully saturated rings. The predicted molar refractivity (Wildman–Crippen MR) is 286 cm³/mol. The molecule has 14 rings (SSSR count). The normalized spacial score (nSPS) is 13.7. The molecule has 322 valence electrons. The summed E-state index contributed by atoms with van der Waals surface area (Å²) in [5.41, 5.74) is 25.3. The second-order valence-electron chi connectivity index (χ2n) is 18.7. The predicted octanol–water partition coefficient (Wildman–Crippen LogP) is 17.2. The highest BCUT2D eigenvalue weighted by atomic mass is 15.1. The first-order chi connectivity index (χ1) is 34.2. The number of benzene rings is 11. The monoisotopic (exact) mass is 875 g/mol. The van der Waals surface area contributed by atoms with Crippen molar-refractivity contribution in [1.82, 2.24) is 0 Å². The Morgan fingerprint density at radius 2 is 0.507 bits per heavy atom. The summed E-state index contributed by atoms with van der Waals surface area (Å²) in [6, 6.07) is 102. The van der Waals surface area contributed by atoms with E-state index in [0.29, 0.717) is 0 Å². The highest BCUT2D eigenvalue weighted by Crippen LogP contribution is 2.64. The zero-order valence-electron chi connectivity index (χ0n) is 37.9. The number of rotatable bonds is 7. The van der Waals surface area contributed by atoms with Gasteiger partial charge in [0, 0.05) is 17.1 Å². The van der Waals surface area contributed by atoms with Crippen molar-refractivity contribution in [3.8, 4) is 55.6 Å². The van der Waals surface area contributed by atoms with Gasteiger partial charge in [0.25, 0.3) is 0 Å². The van der Waals surface area contributed by atoms with Gasteiger partial charge in [0.2, 0.25) is 0 Å². The van der Waals surface area contributed by atoms with Gasteiger partial charge in [-0.3, -0.25) is 0 Å². The van der Waals surface area contributed by atoms with Crippen molar-refractivity contribution < 1.29 is 0 Å². The van der Waals surface area contributed by atoms with Crippen LogP contribution in [0.5, 0.6) is 0 Å². The van der Waals surface area contributed by atoms with Crippen molar-refractivity contribution in [3.05, 3.63) is 317 Å². The molecule has 3 aliphatic rings. The Morgan fingerprint density at radius 1 is 0.203 bits per heavy atom. The summed E-state index contributed by atoms with van der Waals surface area (Å²) < 4.78 is 0. The van der Waals surface area contributed by atoms with Gasteiger partial charge in [-0.15, -0.1) is 0 Å². The lowest BCUT2D eigenvalue weighted by atomic mass is 9.67. The summed E-state index contributed by atoms with van der Waals surface area (Å²) in [7, 11) is 0. The van der Waals surface area contributed by atoms with Crippen molar-refractivity contribution >= 4 is 17.1 Å². The van der Waals surface area contributed by atoms with E-state index in [0.717, 1.165) is 17.1 Å². The van der Waals surface area contributed by atoms with Gasteiger partial charge in [0.15, 0.2) is 0 Å². The Balaban J connectivity index is 1.02. The highest BCUT2D eigenvalue weighted by Gasteiger charge is 2.52. The number of fused-ring (bicyclic) bond motifs is 13. The fourth-order valence-corrected chi connectivity index (χ4v) is 12.6. The fraction of sp³-hybridized carbons (Fsp3) is 0.0294. The average Bonchev–Trinajstić information content (AvgIpc) is 4.02. The molecular weight excluding hydrogens is 831 g/mol. The molecule has 1 heteroatoms. The number of hydrogen-bond acceptors (Lipinski definition) is 1. The first kappa shape index (κ1) is 39.4. The lowest BCUT2D eigenvalue weighted by molar-refractivity contribution is 0.768. The third-order valence-corrected chi connectivity index (χ3v) is 15.4. The van der Waals surface area contributed by atoms with Crippen LogP contribution in [0.25, 0.3) is 55.6 Å². The van der Waals surface area contributed by atoms with Gasteiger partial charge in [-0.25, -0.2) is 0 Å². The molecule has 1 nitrogen and oxygen atoms in total. The molecule has 3 aliphatic carbocycles. The van der Waals surface area contributed by atoms with E-state index in [-0.39, 0.29) is 0 Å². The van der Waals surface area contributed by atoms with Crippen molar-refractivity contribution in [3.63, 3.8) is 0 Å². The van der Waals surface area contributed by atoms with E-state index in [9.17, 15) is 0 Å². The number of hydrogen-bond donors (Lipinski definition) is 0. The van der Waals surface area contributed by atoms with Crippen molar-refractivity contribution in [1.29, 1.82) is 0 Å². The molecular formula is C68H45N. The molecule has 69 heavy (non-hydrogen) atoms. The molecule has 0 N–H and O–H groups in total. The summed E-state index contributed by atoms with van der Waals surface area (Å²) in [4.78, 5) is 2.50. The molecule has 0 radical (unpaired) electrons. The van der Waals surface area contributed by atoms with E-state index in [1.54, 1.807) is 0 Å². The largest absolute Gasteiger partial charge is 0.310 e. The maximum atomic E-state index is 2.51. The molecule has 0 amide bonds. The molecule has 11 aromatic carbocycles. The Labute approximate surface area is 403 Å². The maximum absolute atomic E-state index is 2.51. The second-order valence-corrected chi connectivity index (χ2v) is 18.7. The van der Waals surface area contributed by atoms with E-state index >= 15 is 0 Å². The smallest absolute Gasteiger partial charge is 0.0726 e.